The molecule has 1 heterocycles. The number of carbonyl (C=O) groups is 1. The van der Waals surface area contributed by atoms with E-state index in [2.05, 4.69) is 0 Å². The number of aliphatic hydroxyl groups excluding tert-OH is 1. The molecule has 0 aromatic rings. The SMILES string of the molecule is CC(C)(C)OC(=O)[C@H]1CSC[C@@H]1CCO. The number of thioether (sulfide) groups is 1. The molecule has 15 heavy (non-hydrogen) atoms. The van der Waals surface area contributed by atoms with Gasteiger partial charge in [-0.1, -0.05) is 0 Å². The van der Waals surface area contributed by atoms with Crippen molar-refractivity contribution in [1.82, 2.24) is 0 Å². The summed E-state index contributed by atoms with van der Waals surface area (Å²) in [6.07, 6.45) is 0.705. The van der Waals surface area contributed by atoms with Gasteiger partial charge in [0.2, 0.25) is 0 Å². The normalized spacial score (nSPS) is 26.7. The van der Waals surface area contributed by atoms with E-state index in [0.717, 1.165) is 11.5 Å². The van der Waals surface area contributed by atoms with Crippen molar-refractivity contribution in [3.63, 3.8) is 0 Å². The zero-order valence-corrected chi connectivity index (χ0v) is 10.5. The molecule has 1 fully saturated rings. The monoisotopic (exact) mass is 232 g/mol. The Labute approximate surface area is 95.6 Å². The lowest BCUT2D eigenvalue weighted by atomic mass is 9.93. The van der Waals surface area contributed by atoms with Gasteiger partial charge in [-0.15, -0.1) is 0 Å². The fourth-order valence-corrected chi connectivity index (χ4v) is 3.19. The average molecular weight is 232 g/mol. The van der Waals surface area contributed by atoms with Gasteiger partial charge < -0.3 is 9.84 Å². The third kappa shape index (κ3) is 4.03. The van der Waals surface area contributed by atoms with Gasteiger partial charge >= 0.3 is 5.97 Å². The van der Waals surface area contributed by atoms with Crippen LogP contribution in [0.15, 0.2) is 0 Å². The Morgan fingerprint density at radius 1 is 1.47 bits per heavy atom. The lowest BCUT2D eigenvalue weighted by Gasteiger charge is -2.24. The molecular formula is C11H20O3S. The quantitative estimate of drug-likeness (QED) is 0.752. The largest absolute Gasteiger partial charge is 0.460 e. The van der Waals surface area contributed by atoms with E-state index in [1.165, 1.54) is 0 Å². The van der Waals surface area contributed by atoms with Gasteiger partial charge in [0.05, 0.1) is 5.92 Å². The highest BCUT2D eigenvalue weighted by Crippen LogP contribution is 2.33. The summed E-state index contributed by atoms with van der Waals surface area (Å²) >= 11 is 1.77. The molecule has 88 valence electrons. The summed E-state index contributed by atoms with van der Waals surface area (Å²) < 4.78 is 5.36. The molecule has 0 amide bonds. The van der Waals surface area contributed by atoms with Crippen molar-refractivity contribution in [2.45, 2.75) is 32.8 Å². The number of ether oxygens (including phenoxy) is 1. The van der Waals surface area contributed by atoms with E-state index in [1.807, 2.05) is 20.8 Å². The van der Waals surface area contributed by atoms with E-state index in [9.17, 15) is 4.79 Å². The maximum Gasteiger partial charge on any atom is 0.310 e. The molecule has 1 saturated heterocycles. The summed E-state index contributed by atoms with van der Waals surface area (Å²) in [5.41, 5.74) is -0.409. The molecular weight excluding hydrogens is 212 g/mol. The van der Waals surface area contributed by atoms with Crippen molar-refractivity contribution in [3.05, 3.63) is 0 Å². The van der Waals surface area contributed by atoms with Crippen molar-refractivity contribution in [2.75, 3.05) is 18.1 Å². The van der Waals surface area contributed by atoms with Gasteiger partial charge in [0, 0.05) is 12.4 Å². The minimum absolute atomic E-state index is 0.0265. The summed E-state index contributed by atoms with van der Waals surface area (Å²) in [5, 5.41) is 8.90. The molecule has 3 nitrogen and oxygen atoms in total. The number of rotatable bonds is 3. The third-order valence-electron chi connectivity index (χ3n) is 2.41. The van der Waals surface area contributed by atoms with Crippen LogP contribution >= 0.6 is 11.8 Å². The van der Waals surface area contributed by atoms with Gasteiger partial charge in [-0.25, -0.2) is 0 Å². The second-order valence-corrected chi connectivity index (χ2v) is 6.02. The first-order valence-electron chi connectivity index (χ1n) is 5.35. The molecule has 1 rings (SSSR count). The van der Waals surface area contributed by atoms with Crippen LogP contribution in [-0.4, -0.2) is 34.8 Å². The lowest BCUT2D eigenvalue weighted by molar-refractivity contribution is -0.160. The van der Waals surface area contributed by atoms with Gasteiger partial charge in [0.1, 0.15) is 5.60 Å². The van der Waals surface area contributed by atoms with Crippen LogP contribution in [0.5, 0.6) is 0 Å². The van der Waals surface area contributed by atoms with E-state index in [4.69, 9.17) is 9.84 Å². The number of esters is 1. The second kappa shape index (κ2) is 5.21. The molecule has 0 aromatic carbocycles. The smallest absolute Gasteiger partial charge is 0.310 e. The lowest BCUT2D eigenvalue weighted by Crippen LogP contribution is -2.32. The zero-order chi connectivity index (χ0) is 11.5. The number of carbonyl (C=O) groups excluding carboxylic acids is 1. The highest BCUT2D eigenvalue weighted by molar-refractivity contribution is 7.99. The highest BCUT2D eigenvalue weighted by atomic mass is 32.2. The Bertz CT molecular complexity index is 222. The number of hydrogen-bond donors (Lipinski definition) is 1. The first-order chi connectivity index (χ1) is 6.94. The van der Waals surface area contributed by atoms with Crippen molar-refractivity contribution in [3.8, 4) is 0 Å². The Kier molecular flexibility index (Phi) is 4.46. The topological polar surface area (TPSA) is 46.5 Å². The third-order valence-corrected chi connectivity index (χ3v) is 3.67. The summed E-state index contributed by atoms with van der Waals surface area (Å²) in [6.45, 7) is 5.81. The highest BCUT2D eigenvalue weighted by Gasteiger charge is 2.35. The van der Waals surface area contributed by atoms with Gasteiger partial charge in [0.15, 0.2) is 0 Å². The Morgan fingerprint density at radius 2 is 2.13 bits per heavy atom. The van der Waals surface area contributed by atoms with Gasteiger partial charge in [-0.3, -0.25) is 4.79 Å². The first kappa shape index (κ1) is 12.8. The van der Waals surface area contributed by atoms with Crippen molar-refractivity contribution in [1.29, 1.82) is 0 Å². The van der Waals surface area contributed by atoms with Crippen LogP contribution < -0.4 is 0 Å². The van der Waals surface area contributed by atoms with Crippen molar-refractivity contribution in [2.24, 2.45) is 11.8 Å². The molecule has 0 bridgehead atoms. The predicted octanol–water partition coefficient (Wildman–Crippen LogP) is 1.69. The van der Waals surface area contributed by atoms with E-state index < -0.39 is 5.60 Å². The number of aliphatic hydroxyl groups is 1. The van der Waals surface area contributed by atoms with Crippen LogP contribution in [0.25, 0.3) is 0 Å². The van der Waals surface area contributed by atoms with Gasteiger partial charge in [-0.05, 0) is 38.9 Å². The Balaban J connectivity index is 2.51. The van der Waals surface area contributed by atoms with Crippen LogP contribution in [0.3, 0.4) is 0 Å². The van der Waals surface area contributed by atoms with E-state index in [-0.39, 0.29) is 24.4 Å². The maximum atomic E-state index is 11.8. The minimum Gasteiger partial charge on any atom is -0.460 e. The summed E-state index contributed by atoms with van der Waals surface area (Å²) in [5.74, 6) is 1.95. The minimum atomic E-state index is -0.409. The standard InChI is InChI=1S/C11H20O3S/c1-11(2,3)14-10(13)9-7-15-6-8(9)4-5-12/h8-9,12H,4-7H2,1-3H3/t8-,9-/m0/s1. The van der Waals surface area contributed by atoms with Crippen LogP contribution in [0.2, 0.25) is 0 Å². The summed E-state index contributed by atoms with van der Waals surface area (Å²) in [4.78, 5) is 11.8. The number of hydrogen-bond acceptors (Lipinski definition) is 4. The molecule has 0 aliphatic carbocycles. The van der Waals surface area contributed by atoms with E-state index >= 15 is 0 Å². The average Bonchev–Trinajstić information content (AvgIpc) is 2.49. The fourth-order valence-electron chi connectivity index (χ4n) is 1.69. The van der Waals surface area contributed by atoms with E-state index in [0.29, 0.717) is 6.42 Å². The molecule has 2 atom stereocenters. The van der Waals surface area contributed by atoms with Crippen LogP contribution in [0, 0.1) is 11.8 Å². The van der Waals surface area contributed by atoms with Crippen molar-refractivity contribution < 1.29 is 14.6 Å². The Morgan fingerprint density at radius 3 is 2.67 bits per heavy atom. The van der Waals surface area contributed by atoms with Crippen molar-refractivity contribution >= 4 is 17.7 Å². The van der Waals surface area contributed by atoms with E-state index in [1.54, 1.807) is 11.8 Å². The molecule has 1 aliphatic heterocycles. The molecule has 1 N–H and O–H groups in total. The van der Waals surface area contributed by atoms with Gasteiger partial charge in [0.25, 0.3) is 0 Å². The van der Waals surface area contributed by atoms with Crippen LogP contribution in [0.1, 0.15) is 27.2 Å². The van der Waals surface area contributed by atoms with Crippen LogP contribution in [-0.2, 0) is 9.53 Å². The van der Waals surface area contributed by atoms with Crippen LogP contribution in [0.4, 0.5) is 0 Å². The van der Waals surface area contributed by atoms with Gasteiger partial charge in [-0.2, -0.15) is 11.8 Å². The molecule has 0 saturated carbocycles. The predicted molar refractivity (Wildman–Crippen MR) is 61.9 cm³/mol. The Hall–Kier alpha value is -0.220. The molecule has 1 aliphatic rings. The molecule has 4 heteroatoms. The first-order valence-corrected chi connectivity index (χ1v) is 6.51. The summed E-state index contributed by atoms with van der Waals surface area (Å²) in [6, 6.07) is 0. The maximum absolute atomic E-state index is 11.8. The second-order valence-electron chi connectivity index (χ2n) is 4.95. The fraction of sp³-hybridized carbons (Fsp3) is 0.909. The molecule has 0 radical (unpaired) electrons. The summed E-state index contributed by atoms with van der Waals surface area (Å²) in [7, 11) is 0. The molecule has 0 unspecified atom stereocenters. The molecule has 0 aromatic heterocycles. The molecule has 0 spiro atoms. The zero-order valence-electron chi connectivity index (χ0n) is 9.66.